The van der Waals surface area contributed by atoms with Crippen LogP contribution in [-0.2, 0) is 9.63 Å². The number of carbonyl (C=O) groups is 1. The van der Waals surface area contributed by atoms with Crippen molar-refractivity contribution in [2.75, 3.05) is 14.2 Å². The molecule has 0 aliphatic carbocycles. The molecule has 0 aliphatic heterocycles. The summed E-state index contributed by atoms with van der Waals surface area (Å²) < 4.78 is 0. The Morgan fingerprint density at radius 3 is 2.43 bits per heavy atom. The molecule has 0 aromatic carbocycles. The number of carbonyl (C=O) groups excluding carboxylic acids is 1. The summed E-state index contributed by atoms with van der Waals surface area (Å²) in [5.41, 5.74) is 0.971. The van der Waals surface area contributed by atoms with Crippen LogP contribution in [0.4, 0.5) is 0 Å². The van der Waals surface area contributed by atoms with Gasteiger partial charge in [-0.1, -0.05) is 5.57 Å². The lowest BCUT2D eigenvalue weighted by Gasteiger charge is -2.11. The topological polar surface area (TPSA) is 54.3 Å². The van der Waals surface area contributed by atoms with Gasteiger partial charge in [0.25, 0.3) is 0 Å². The summed E-state index contributed by atoms with van der Waals surface area (Å²) in [5.74, 6) is -0.421. The molecule has 0 rings (SSSR count). The first-order valence-electron chi connectivity index (χ1n) is 4.03. The third kappa shape index (κ3) is 3.95. The predicted octanol–water partition coefficient (Wildman–Crippen LogP) is 1.03. The first-order chi connectivity index (χ1) is 6.52. The van der Waals surface area contributed by atoms with Gasteiger partial charge in [-0.25, -0.2) is 15.0 Å². The Balaban J connectivity index is 4.73. The number of allylic oxidation sites excluding steroid dienone is 1. The summed E-state index contributed by atoms with van der Waals surface area (Å²) in [4.78, 5) is 23.5. The lowest BCUT2D eigenvalue weighted by atomic mass is 10.4. The monoisotopic (exact) mass is 197 g/mol. The number of nitrogens with zero attached hydrogens (tertiary/aromatic N) is 3. The van der Waals surface area contributed by atoms with Gasteiger partial charge in [0, 0.05) is 13.2 Å². The van der Waals surface area contributed by atoms with Crippen molar-refractivity contribution in [3.63, 3.8) is 0 Å². The van der Waals surface area contributed by atoms with Crippen LogP contribution in [0, 0.1) is 0 Å². The quantitative estimate of drug-likeness (QED) is 0.377. The normalized spacial score (nSPS) is 10.7. The van der Waals surface area contributed by atoms with E-state index in [-0.39, 0.29) is 5.84 Å². The molecule has 0 unspecified atom stereocenters. The molecule has 0 N–H and O–H groups in total. The van der Waals surface area contributed by atoms with Crippen LogP contribution in [-0.4, -0.2) is 37.7 Å². The number of likely N-dealkylation sites (N-methyl/N-ethyl adjacent to an activating group) is 1. The molecule has 5 nitrogen and oxygen atoms in total. The highest BCUT2D eigenvalue weighted by atomic mass is 16.7. The van der Waals surface area contributed by atoms with E-state index in [4.69, 9.17) is 4.84 Å². The maximum atomic E-state index is 11.4. The number of aliphatic imine (C=N–C) groups is 2. The van der Waals surface area contributed by atoms with Crippen LogP contribution in [0.15, 0.2) is 21.8 Å². The minimum absolute atomic E-state index is 0.00977. The number of hydroxylamine groups is 2. The van der Waals surface area contributed by atoms with Crippen molar-refractivity contribution in [2.24, 2.45) is 9.98 Å². The van der Waals surface area contributed by atoms with Crippen molar-refractivity contribution >= 4 is 18.5 Å². The Bertz CT molecular complexity index is 278. The highest BCUT2D eigenvalue weighted by molar-refractivity contribution is 6.38. The summed E-state index contributed by atoms with van der Waals surface area (Å²) in [6.45, 7) is 7.00. The van der Waals surface area contributed by atoms with E-state index < -0.39 is 5.91 Å². The van der Waals surface area contributed by atoms with E-state index in [1.807, 2.05) is 13.8 Å². The van der Waals surface area contributed by atoms with Crippen LogP contribution in [0.25, 0.3) is 0 Å². The number of hydrogen-bond acceptors (Lipinski definition) is 3. The van der Waals surface area contributed by atoms with Crippen molar-refractivity contribution < 1.29 is 9.63 Å². The molecule has 0 aromatic heterocycles. The first-order valence-corrected chi connectivity index (χ1v) is 4.03. The van der Waals surface area contributed by atoms with Gasteiger partial charge in [-0.05, 0) is 20.6 Å². The van der Waals surface area contributed by atoms with Gasteiger partial charge in [-0.2, -0.15) is 0 Å². The summed E-state index contributed by atoms with van der Waals surface area (Å²) >= 11 is 0. The standard InChI is InChI=1S/C9H15N3O2/c1-7(2)6-11-8(10-3)9(13)12(4)14-5/h6H,3H2,1-2,4-5H3/b11-8-. The minimum Gasteiger partial charge on any atom is -0.274 e. The van der Waals surface area contributed by atoms with Crippen molar-refractivity contribution in [1.82, 2.24) is 5.06 Å². The molecule has 0 atom stereocenters. The second kappa shape index (κ2) is 6.04. The summed E-state index contributed by atoms with van der Waals surface area (Å²) in [6.07, 6.45) is 1.55. The number of amidine groups is 1. The number of hydrogen-bond donors (Lipinski definition) is 0. The fourth-order valence-corrected chi connectivity index (χ4v) is 0.578. The molecule has 0 radical (unpaired) electrons. The van der Waals surface area contributed by atoms with Crippen LogP contribution in [0.2, 0.25) is 0 Å². The molecule has 0 aliphatic rings. The van der Waals surface area contributed by atoms with E-state index in [1.54, 1.807) is 6.20 Å². The van der Waals surface area contributed by atoms with Crippen molar-refractivity contribution in [1.29, 1.82) is 0 Å². The summed E-state index contributed by atoms with van der Waals surface area (Å²) in [7, 11) is 2.87. The molecule has 14 heavy (non-hydrogen) atoms. The molecule has 0 saturated carbocycles. The summed E-state index contributed by atoms with van der Waals surface area (Å²) in [5, 5.41) is 1.03. The second-order valence-corrected chi connectivity index (χ2v) is 2.80. The van der Waals surface area contributed by atoms with E-state index in [9.17, 15) is 4.79 Å². The molecule has 0 heterocycles. The lowest BCUT2D eigenvalue weighted by Crippen LogP contribution is -2.31. The van der Waals surface area contributed by atoms with Gasteiger partial charge in [0.1, 0.15) is 0 Å². The smallest absolute Gasteiger partial charge is 0.274 e. The third-order valence-corrected chi connectivity index (χ3v) is 1.35. The van der Waals surface area contributed by atoms with Crippen LogP contribution >= 0.6 is 0 Å². The van der Waals surface area contributed by atoms with Crippen molar-refractivity contribution in [2.45, 2.75) is 13.8 Å². The minimum atomic E-state index is -0.431. The van der Waals surface area contributed by atoms with Crippen LogP contribution < -0.4 is 0 Å². The Morgan fingerprint density at radius 2 is 2.07 bits per heavy atom. The molecular weight excluding hydrogens is 182 g/mol. The highest BCUT2D eigenvalue weighted by Crippen LogP contribution is 1.94. The zero-order valence-electron chi connectivity index (χ0n) is 8.94. The Hall–Kier alpha value is -1.49. The molecule has 0 fully saturated rings. The van der Waals surface area contributed by atoms with Crippen LogP contribution in [0.3, 0.4) is 0 Å². The number of amides is 1. The summed E-state index contributed by atoms with van der Waals surface area (Å²) in [6, 6.07) is 0. The average molecular weight is 197 g/mol. The van der Waals surface area contributed by atoms with E-state index in [0.717, 1.165) is 10.6 Å². The van der Waals surface area contributed by atoms with Gasteiger partial charge >= 0.3 is 5.91 Å². The van der Waals surface area contributed by atoms with Crippen LogP contribution in [0.5, 0.6) is 0 Å². The van der Waals surface area contributed by atoms with Crippen molar-refractivity contribution in [3.8, 4) is 0 Å². The zero-order valence-corrected chi connectivity index (χ0v) is 8.94. The first kappa shape index (κ1) is 12.5. The van der Waals surface area contributed by atoms with E-state index in [2.05, 4.69) is 16.7 Å². The maximum Gasteiger partial charge on any atom is 0.314 e. The fourth-order valence-electron chi connectivity index (χ4n) is 0.578. The molecule has 1 amide bonds. The Morgan fingerprint density at radius 1 is 1.50 bits per heavy atom. The van der Waals surface area contributed by atoms with Gasteiger partial charge in [-0.3, -0.25) is 9.63 Å². The molecule has 0 bridgehead atoms. The van der Waals surface area contributed by atoms with E-state index >= 15 is 0 Å². The largest absolute Gasteiger partial charge is 0.314 e. The molecule has 78 valence electrons. The SMILES string of the molecule is C=N/C(=N\C=C(C)C)C(=O)N(C)OC. The lowest BCUT2D eigenvalue weighted by molar-refractivity contribution is -0.160. The van der Waals surface area contributed by atoms with Crippen molar-refractivity contribution in [3.05, 3.63) is 11.8 Å². The van der Waals surface area contributed by atoms with Gasteiger partial charge in [0.05, 0.1) is 7.11 Å². The van der Waals surface area contributed by atoms with E-state index in [1.165, 1.54) is 14.2 Å². The second-order valence-electron chi connectivity index (χ2n) is 2.80. The molecule has 0 aromatic rings. The van der Waals surface area contributed by atoms with Gasteiger partial charge in [0.2, 0.25) is 5.84 Å². The average Bonchev–Trinajstić information content (AvgIpc) is 2.16. The van der Waals surface area contributed by atoms with E-state index in [0.29, 0.717) is 0 Å². The molecule has 0 saturated heterocycles. The van der Waals surface area contributed by atoms with Crippen LogP contribution in [0.1, 0.15) is 13.8 Å². The third-order valence-electron chi connectivity index (χ3n) is 1.35. The van der Waals surface area contributed by atoms with Gasteiger partial charge in [0.15, 0.2) is 0 Å². The van der Waals surface area contributed by atoms with Gasteiger partial charge in [-0.15, -0.1) is 0 Å². The molecular formula is C9H15N3O2. The zero-order chi connectivity index (χ0) is 11.1. The molecule has 0 spiro atoms. The maximum absolute atomic E-state index is 11.4. The predicted molar refractivity (Wildman–Crippen MR) is 56.2 cm³/mol. The number of rotatable bonds is 2. The fraction of sp³-hybridized carbons (Fsp3) is 0.444. The Kier molecular flexibility index (Phi) is 5.40. The Labute approximate surface area is 83.7 Å². The van der Waals surface area contributed by atoms with Gasteiger partial charge < -0.3 is 0 Å². The highest BCUT2D eigenvalue weighted by Gasteiger charge is 2.13. The molecule has 5 heteroatoms.